The Bertz CT molecular complexity index is 656. The summed E-state index contributed by atoms with van der Waals surface area (Å²) in [6.45, 7) is 0.635. The first-order valence-corrected chi connectivity index (χ1v) is 6.48. The molecule has 0 heterocycles. The Morgan fingerprint density at radius 1 is 1.29 bits per heavy atom. The molecule has 0 unspecified atom stereocenters. The fourth-order valence-corrected chi connectivity index (χ4v) is 2.16. The summed E-state index contributed by atoms with van der Waals surface area (Å²) in [6, 6.07) is 12.7. The Kier molecular flexibility index (Phi) is 4.33. The highest BCUT2D eigenvalue weighted by Crippen LogP contribution is 2.25. The predicted octanol–water partition coefficient (Wildman–Crippen LogP) is 2.61. The summed E-state index contributed by atoms with van der Waals surface area (Å²) in [7, 11) is 3.56. The number of carboxylic acid groups (broad SMARTS) is 1. The molecule has 0 aliphatic rings. The summed E-state index contributed by atoms with van der Waals surface area (Å²) in [4.78, 5) is 13.0. The molecule has 21 heavy (non-hydrogen) atoms. The number of carboxylic acids is 1. The molecule has 0 atom stereocenters. The largest absolute Gasteiger partial charge is 0.496 e. The standard InChI is InChI=1S/C16H18N2O3/c1-18(10-11-5-3-4-6-15(11)21-2)12-7-8-13(16(19)20)14(17)9-12/h3-9H,10,17H2,1-2H3,(H,19,20). The molecule has 0 saturated heterocycles. The highest BCUT2D eigenvalue weighted by molar-refractivity contribution is 5.94. The average Bonchev–Trinajstić information content (AvgIpc) is 2.47. The van der Waals surface area contributed by atoms with Crippen molar-refractivity contribution in [1.82, 2.24) is 0 Å². The van der Waals surface area contributed by atoms with Crippen LogP contribution in [-0.4, -0.2) is 25.2 Å². The minimum Gasteiger partial charge on any atom is -0.496 e. The Morgan fingerprint density at radius 2 is 2.00 bits per heavy atom. The van der Waals surface area contributed by atoms with Crippen LogP contribution in [0.25, 0.3) is 0 Å². The van der Waals surface area contributed by atoms with Crippen molar-refractivity contribution in [3.8, 4) is 5.75 Å². The molecule has 0 spiro atoms. The van der Waals surface area contributed by atoms with Crippen LogP contribution in [0, 0.1) is 0 Å². The van der Waals surface area contributed by atoms with E-state index in [4.69, 9.17) is 15.6 Å². The molecule has 3 N–H and O–H groups in total. The van der Waals surface area contributed by atoms with Gasteiger partial charge in [-0.15, -0.1) is 0 Å². The van der Waals surface area contributed by atoms with Gasteiger partial charge >= 0.3 is 5.97 Å². The van der Waals surface area contributed by atoms with Gasteiger partial charge in [-0.1, -0.05) is 18.2 Å². The SMILES string of the molecule is COc1ccccc1CN(C)c1ccc(C(=O)O)c(N)c1. The van der Waals surface area contributed by atoms with Crippen LogP contribution in [0.1, 0.15) is 15.9 Å². The predicted molar refractivity (Wildman–Crippen MR) is 82.9 cm³/mol. The minimum atomic E-state index is -1.02. The van der Waals surface area contributed by atoms with Gasteiger partial charge in [-0.3, -0.25) is 0 Å². The average molecular weight is 286 g/mol. The lowest BCUT2D eigenvalue weighted by Crippen LogP contribution is -2.17. The zero-order valence-corrected chi connectivity index (χ0v) is 12.0. The van der Waals surface area contributed by atoms with E-state index in [-0.39, 0.29) is 11.3 Å². The number of methoxy groups -OCH3 is 1. The molecule has 0 aliphatic carbocycles. The Labute approximate surface area is 123 Å². The normalized spacial score (nSPS) is 10.2. The number of nitrogens with zero attached hydrogens (tertiary/aromatic N) is 1. The van der Waals surface area contributed by atoms with Crippen molar-refractivity contribution in [1.29, 1.82) is 0 Å². The Balaban J connectivity index is 2.22. The number of anilines is 2. The van der Waals surface area contributed by atoms with E-state index in [0.717, 1.165) is 17.0 Å². The number of hydrogen-bond donors (Lipinski definition) is 2. The molecule has 2 aromatic carbocycles. The van der Waals surface area contributed by atoms with Crippen molar-refractivity contribution in [3.63, 3.8) is 0 Å². The zero-order chi connectivity index (χ0) is 15.4. The molecule has 0 aromatic heterocycles. The fourth-order valence-electron chi connectivity index (χ4n) is 2.16. The van der Waals surface area contributed by atoms with E-state index in [1.807, 2.05) is 36.2 Å². The summed E-state index contributed by atoms with van der Waals surface area (Å²) in [5.74, 6) is -0.203. The molecule has 110 valence electrons. The van der Waals surface area contributed by atoms with Gasteiger partial charge in [0.1, 0.15) is 5.75 Å². The van der Waals surface area contributed by atoms with Gasteiger partial charge in [0.05, 0.1) is 12.7 Å². The number of ether oxygens (including phenoxy) is 1. The van der Waals surface area contributed by atoms with Gasteiger partial charge in [-0.05, 0) is 24.3 Å². The second kappa shape index (κ2) is 6.17. The van der Waals surface area contributed by atoms with Crippen molar-refractivity contribution < 1.29 is 14.6 Å². The highest BCUT2D eigenvalue weighted by Gasteiger charge is 2.11. The molecule has 0 saturated carbocycles. The summed E-state index contributed by atoms with van der Waals surface area (Å²) in [5.41, 5.74) is 8.04. The van der Waals surface area contributed by atoms with Crippen molar-refractivity contribution in [2.24, 2.45) is 0 Å². The molecule has 0 aliphatic heterocycles. The Morgan fingerprint density at radius 3 is 2.62 bits per heavy atom. The molecule has 0 bridgehead atoms. The third-order valence-corrected chi connectivity index (χ3v) is 3.31. The Hall–Kier alpha value is -2.69. The molecule has 0 radical (unpaired) electrons. The van der Waals surface area contributed by atoms with Crippen LogP contribution in [0.3, 0.4) is 0 Å². The third kappa shape index (κ3) is 3.25. The first kappa shape index (κ1) is 14.7. The van der Waals surface area contributed by atoms with Crippen LogP contribution in [0.4, 0.5) is 11.4 Å². The number of para-hydroxylation sites is 1. The van der Waals surface area contributed by atoms with Gasteiger partial charge in [-0.2, -0.15) is 0 Å². The van der Waals surface area contributed by atoms with E-state index >= 15 is 0 Å². The quantitative estimate of drug-likeness (QED) is 0.826. The van der Waals surface area contributed by atoms with E-state index in [0.29, 0.717) is 6.54 Å². The minimum absolute atomic E-state index is 0.115. The van der Waals surface area contributed by atoms with Crippen LogP contribution in [0.2, 0.25) is 0 Å². The number of rotatable bonds is 5. The number of nitrogens with two attached hydrogens (primary N) is 1. The van der Waals surface area contributed by atoms with E-state index < -0.39 is 5.97 Å². The number of benzene rings is 2. The topological polar surface area (TPSA) is 75.8 Å². The van der Waals surface area contributed by atoms with Crippen molar-refractivity contribution in [3.05, 3.63) is 53.6 Å². The van der Waals surface area contributed by atoms with Gasteiger partial charge < -0.3 is 20.5 Å². The van der Waals surface area contributed by atoms with Crippen LogP contribution in [-0.2, 0) is 6.54 Å². The second-order valence-electron chi connectivity index (χ2n) is 4.74. The fraction of sp³-hybridized carbons (Fsp3) is 0.188. The maximum atomic E-state index is 11.0. The third-order valence-electron chi connectivity index (χ3n) is 3.31. The number of aromatic carboxylic acids is 1. The van der Waals surface area contributed by atoms with Crippen LogP contribution >= 0.6 is 0 Å². The molecular weight excluding hydrogens is 268 g/mol. The summed E-state index contributed by atoms with van der Waals surface area (Å²) < 4.78 is 5.33. The lowest BCUT2D eigenvalue weighted by molar-refractivity contribution is 0.0698. The monoisotopic (exact) mass is 286 g/mol. The molecular formula is C16H18N2O3. The first-order valence-electron chi connectivity index (χ1n) is 6.48. The number of nitrogen functional groups attached to an aromatic ring is 1. The molecule has 5 heteroatoms. The van der Waals surface area contributed by atoms with Crippen molar-refractivity contribution in [2.75, 3.05) is 24.8 Å². The summed E-state index contributed by atoms with van der Waals surface area (Å²) >= 11 is 0. The lowest BCUT2D eigenvalue weighted by atomic mass is 10.1. The van der Waals surface area contributed by atoms with E-state index in [2.05, 4.69) is 0 Å². The molecule has 5 nitrogen and oxygen atoms in total. The number of hydrogen-bond acceptors (Lipinski definition) is 4. The van der Waals surface area contributed by atoms with Crippen molar-refractivity contribution in [2.45, 2.75) is 6.54 Å². The maximum Gasteiger partial charge on any atom is 0.337 e. The molecule has 0 amide bonds. The van der Waals surface area contributed by atoms with E-state index in [9.17, 15) is 4.79 Å². The zero-order valence-electron chi connectivity index (χ0n) is 12.0. The summed E-state index contributed by atoms with van der Waals surface area (Å²) in [5, 5.41) is 8.99. The molecule has 2 aromatic rings. The molecule has 0 fully saturated rings. The first-order chi connectivity index (χ1) is 10.0. The highest BCUT2D eigenvalue weighted by atomic mass is 16.5. The van der Waals surface area contributed by atoms with Gasteiger partial charge in [0, 0.05) is 30.5 Å². The van der Waals surface area contributed by atoms with Crippen LogP contribution in [0.5, 0.6) is 5.75 Å². The van der Waals surface area contributed by atoms with Crippen molar-refractivity contribution >= 4 is 17.3 Å². The van der Waals surface area contributed by atoms with Crippen LogP contribution in [0.15, 0.2) is 42.5 Å². The van der Waals surface area contributed by atoms with E-state index in [1.165, 1.54) is 6.07 Å². The maximum absolute atomic E-state index is 11.0. The molecule has 2 rings (SSSR count). The smallest absolute Gasteiger partial charge is 0.337 e. The van der Waals surface area contributed by atoms with Gasteiger partial charge in [0.2, 0.25) is 0 Å². The van der Waals surface area contributed by atoms with Crippen LogP contribution < -0.4 is 15.4 Å². The lowest BCUT2D eigenvalue weighted by Gasteiger charge is -2.21. The summed E-state index contributed by atoms with van der Waals surface area (Å²) in [6.07, 6.45) is 0. The number of carbonyl (C=O) groups is 1. The van der Waals surface area contributed by atoms with Gasteiger partial charge in [-0.25, -0.2) is 4.79 Å². The van der Waals surface area contributed by atoms with E-state index in [1.54, 1.807) is 19.2 Å². The van der Waals surface area contributed by atoms with Gasteiger partial charge in [0.25, 0.3) is 0 Å². The second-order valence-corrected chi connectivity index (χ2v) is 4.74. The van der Waals surface area contributed by atoms with Gasteiger partial charge in [0.15, 0.2) is 0 Å².